The number of primary amides is 1. The number of benzene rings is 2. The summed E-state index contributed by atoms with van der Waals surface area (Å²) in [5, 5.41) is 2.80. The Hall–Kier alpha value is -2.34. The van der Waals surface area contributed by atoms with E-state index in [1.807, 2.05) is 6.07 Å². The highest BCUT2D eigenvalue weighted by molar-refractivity contribution is 9.10. The van der Waals surface area contributed by atoms with E-state index in [0.29, 0.717) is 27.9 Å². The van der Waals surface area contributed by atoms with E-state index < -0.39 is 5.91 Å². The molecule has 3 N–H and O–H groups in total. The van der Waals surface area contributed by atoms with Gasteiger partial charge in [0.2, 0.25) is 5.91 Å². The molecule has 2 rings (SSSR count). The van der Waals surface area contributed by atoms with Crippen LogP contribution in [0.3, 0.4) is 0 Å². The Morgan fingerprint density at radius 2 is 2.00 bits per heavy atom. The second kappa shape index (κ2) is 7.09. The summed E-state index contributed by atoms with van der Waals surface area (Å²) in [6.07, 6.45) is 0. The van der Waals surface area contributed by atoms with Crippen molar-refractivity contribution >= 4 is 27.7 Å². The van der Waals surface area contributed by atoms with Crippen molar-refractivity contribution in [3.8, 4) is 5.75 Å². The predicted molar refractivity (Wildman–Crippen MR) is 86.8 cm³/mol. The van der Waals surface area contributed by atoms with E-state index in [9.17, 15) is 9.59 Å². The highest BCUT2D eigenvalue weighted by Crippen LogP contribution is 2.22. The van der Waals surface area contributed by atoms with Crippen LogP contribution in [0, 0.1) is 0 Å². The van der Waals surface area contributed by atoms with Crippen LogP contribution < -0.4 is 15.8 Å². The van der Waals surface area contributed by atoms with Crippen LogP contribution in [0.25, 0.3) is 0 Å². The van der Waals surface area contributed by atoms with E-state index in [1.54, 1.807) is 43.5 Å². The lowest BCUT2D eigenvalue weighted by molar-refractivity contribution is 0.0949. The molecule has 2 amide bonds. The first kappa shape index (κ1) is 16.0. The zero-order valence-corrected chi connectivity index (χ0v) is 13.5. The van der Waals surface area contributed by atoms with Gasteiger partial charge in [-0.1, -0.05) is 12.1 Å². The van der Waals surface area contributed by atoms with Crippen LogP contribution in [0.4, 0.5) is 0 Å². The molecule has 2 aromatic carbocycles. The maximum absolute atomic E-state index is 12.2. The molecular formula is C16H15BrN2O3. The van der Waals surface area contributed by atoms with Crippen molar-refractivity contribution in [2.24, 2.45) is 5.73 Å². The first-order valence-electron chi connectivity index (χ1n) is 6.51. The second-order valence-corrected chi connectivity index (χ2v) is 5.45. The van der Waals surface area contributed by atoms with Crippen LogP contribution in [0.15, 0.2) is 46.9 Å². The van der Waals surface area contributed by atoms with E-state index in [-0.39, 0.29) is 5.91 Å². The summed E-state index contributed by atoms with van der Waals surface area (Å²) in [6, 6.07) is 12.0. The molecule has 0 saturated carbocycles. The minimum atomic E-state index is -0.497. The fourth-order valence-corrected chi connectivity index (χ4v) is 2.34. The first-order valence-corrected chi connectivity index (χ1v) is 7.31. The van der Waals surface area contributed by atoms with Gasteiger partial charge in [0, 0.05) is 16.6 Å². The Labute approximate surface area is 136 Å². The molecule has 5 nitrogen and oxygen atoms in total. The van der Waals surface area contributed by atoms with E-state index in [1.165, 1.54) is 0 Å². The molecule has 0 spiro atoms. The number of nitrogens with one attached hydrogen (secondary N) is 1. The molecule has 0 fully saturated rings. The van der Waals surface area contributed by atoms with Crippen molar-refractivity contribution in [2.75, 3.05) is 7.11 Å². The standard InChI is InChI=1S/C16H15BrN2O3/c1-22-12-5-6-14(17)13(8-12)16(21)19-9-10-3-2-4-11(7-10)15(18)20/h2-8H,9H2,1H3,(H2,18,20)(H,19,21). The predicted octanol–water partition coefficient (Wildman–Crippen LogP) is 2.49. The number of rotatable bonds is 5. The summed E-state index contributed by atoms with van der Waals surface area (Å²) in [5.74, 6) is -0.136. The molecule has 0 aliphatic heterocycles. The van der Waals surface area contributed by atoms with E-state index in [4.69, 9.17) is 10.5 Å². The lowest BCUT2D eigenvalue weighted by atomic mass is 10.1. The van der Waals surface area contributed by atoms with Gasteiger partial charge in [-0.15, -0.1) is 0 Å². The van der Waals surface area contributed by atoms with Crippen LogP contribution >= 0.6 is 15.9 Å². The number of methoxy groups -OCH3 is 1. The topological polar surface area (TPSA) is 81.4 Å². The Morgan fingerprint density at radius 3 is 2.68 bits per heavy atom. The number of amides is 2. The SMILES string of the molecule is COc1ccc(Br)c(C(=O)NCc2cccc(C(N)=O)c2)c1. The van der Waals surface area contributed by atoms with E-state index in [0.717, 1.165) is 5.56 Å². The van der Waals surface area contributed by atoms with Crippen molar-refractivity contribution in [3.05, 3.63) is 63.6 Å². The molecule has 0 aliphatic rings. The van der Waals surface area contributed by atoms with Gasteiger partial charge >= 0.3 is 0 Å². The Bertz CT molecular complexity index is 716. The maximum Gasteiger partial charge on any atom is 0.252 e. The largest absolute Gasteiger partial charge is 0.497 e. The van der Waals surface area contributed by atoms with Crippen molar-refractivity contribution in [3.63, 3.8) is 0 Å². The Kier molecular flexibility index (Phi) is 5.16. The molecule has 0 unspecified atom stereocenters. The number of carbonyl (C=O) groups excluding carboxylic acids is 2. The highest BCUT2D eigenvalue weighted by Gasteiger charge is 2.11. The van der Waals surface area contributed by atoms with E-state index >= 15 is 0 Å². The fourth-order valence-electron chi connectivity index (χ4n) is 1.92. The third-order valence-electron chi connectivity index (χ3n) is 3.08. The van der Waals surface area contributed by atoms with Gasteiger partial charge in [-0.3, -0.25) is 9.59 Å². The lowest BCUT2D eigenvalue weighted by Gasteiger charge is -2.09. The van der Waals surface area contributed by atoms with Gasteiger partial charge < -0.3 is 15.8 Å². The summed E-state index contributed by atoms with van der Waals surface area (Å²) < 4.78 is 5.79. The molecule has 2 aromatic rings. The van der Waals surface area contributed by atoms with Crippen molar-refractivity contribution < 1.29 is 14.3 Å². The summed E-state index contributed by atoms with van der Waals surface area (Å²) in [6.45, 7) is 0.295. The minimum absolute atomic E-state index is 0.241. The normalized spacial score (nSPS) is 10.1. The number of hydrogen-bond acceptors (Lipinski definition) is 3. The van der Waals surface area contributed by atoms with Gasteiger partial charge in [0.1, 0.15) is 5.75 Å². The van der Waals surface area contributed by atoms with Gasteiger partial charge in [0.05, 0.1) is 12.7 Å². The monoisotopic (exact) mass is 362 g/mol. The molecule has 0 aromatic heterocycles. The van der Waals surface area contributed by atoms with Crippen LogP contribution in [0.2, 0.25) is 0 Å². The third kappa shape index (κ3) is 3.85. The molecule has 0 bridgehead atoms. The lowest BCUT2D eigenvalue weighted by Crippen LogP contribution is -2.23. The van der Waals surface area contributed by atoms with Crippen LogP contribution in [-0.4, -0.2) is 18.9 Å². The van der Waals surface area contributed by atoms with Crippen LogP contribution in [0.5, 0.6) is 5.75 Å². The molecule has 6 heteroatoms. The van der Waals surface area contributed by atoms with Crippen LogP contribution in [-0.2, 0) is 6.54 Å². The molecule has 0 aliphatic carbocycles. The van der Waals surface area contributed by atoms with Gasteiger partial charge in [-0.2, -0.15) is 0 Å². The molecule has 0 heterocycles. The van der Waals surface area contributed by atoms with Crippen molar-refractivity contribution in [1.82, 2.24) is 5.32 Å². The average Bonchev–Trinajstić information content (AvgIpc) is 2.53. The van der Waals surface area contributed by atoms with Crippen LogP contribution in [0.1, 0.15) is 26.3 Å². The Balaban J connectivity index is 2.10. The molecule has 0 saturated heterocycles. The Morgan fingerprint density at radius 1 is 1.23 bits per heavy atom. The third-order valence-corrected chi connectivity index (χ3v) is 3.77. The molecule has 22 heavy (non-hydrogen) atoms. The molecule has 114 valence electrons. The van der Waals surface area contributed by atoms with Gasteiger partial charge in [0.15, 0.2) is 0 Å². The number of ether oxygens (including phenoxy) is 1. The smallest absolute Gasteiger partial charge is 0.252 e. The van der Waals surface area contributed by atoms with Crippen molar-refractivity contribution in [2.45, 2.75) is 6.54 Å². The summed E-state index contributed by atoms with van der Waals surface area (Å²) in [4.78, 5) is 23.4. The molecular weight excluding hydrogens is 348 g/mol. The zero-order valence-electron chi connectivity index (χ0n) is 11.9. The van der Waals surface area contributed by atoms with Gasteiger partial charge in [0.25, 0.3) is 5.91 Å². The fraction of sp³-hybridized carbons (Fsp3) is 0.125. The minimum Gasteiger partial charge on any atom is -0.497 e. The summed E-state index contributed by atoms with van der Waals surface area (Å²) in [5.41, 5.74) is 6.92. The molecule has 0 atom stereocenters. The van der Waals surface area contributed by atoms with Gasteiger partial charge in [-0.05, 0) is 51.8 Å². The maximum atomic E-state index is 12.2. The summed E-state index contributed by atoms with van der Waals surface area (Å²) >= 11 is 3.34. The average molecular weight is 363 g/mol. The quantitative estimate of drug-likeness (QED) is 0.857. The first-order chi connectivity index (χ1) is 10.5. The second-order valence-electron chi connectivity index (χ2n) is 4.59. The summed E-state index contributed by atoms with van der Waals surface area (Å²) in [7, 11) is 1.54. The zero-order chi connectivity index (χ0) is 16.1. The number of carbonyl (C=O) groups is 2. The van der Waals surface area contributed by atoms with E-state index in [2.05, 4.69) is 21.2 Å². The highest BCUT2D eigenvalue weighted by atomic mass is 79.9. The van der Waals surface area contributed by atoms with Gasteiger partial charge in [-0.25, -0.2) is 0 Å². The number of hydrogen-bond donors (Lipinski definition) is 2. The molecule has 0 radical (unpaired) electrons. The number of halogens is 1. The number of nitrogens with two attached hydrogens (primary N) is 1. The van der Waals surface area contributed by atoms with Crippen molar-refractivity contribution in [1.29, 1.82) is 0 Å².